The van der Waals surface area contributed by atoms with E-state index in [0.29, 0.717) is 0 Å². The van der Waals surface area contributed by atoms with Crippen LogP contribution in [0.5, 0.6) is 0 Å². The van der Waals surface area contributed by atoms with Gasteiger partial charge in [-0.3, -0.25) is 0 Å². The number of likely N-dealkylation sites (tertiary alicyclic amines) is 1. The van der Waals surface area contributed by atoms with Gasteiger partial charge in [-0.05, 0) is 25.7 Å². The maximum Gasteiger partial charge on any atom is 0.0872 e. The highest BCUT2D eigenvalue weighted by Crippen LogP contribution is 2.05. The van der Waals surface area contributed by atoms with Crippen molar-refractivity contribution in [3.63, 3.8) is 0 Å². The third-order valence-corrected chi connectivity index (χ3v) is 3.12. The Balaban J connectivity index is 2.26. The van der Waals surface area contributed by atoms with Crippen LogP contribution < -0.4 is 10.6 Å². The van der Waals surface area contributed by atoms with E-state index in [4.69, 9.17) is 0 Å². The standard InChI is InChI=1S/C10H22N2/c1-2-10-6-3-4-8-12(10)9-5-7-11/h10H,2-9,11H2,1H3/p+2. The van der Waals surface area contributed by atoms with Crippen LogP contribution in [0.2, 0.25) is 0 Å². The molecule has 4 N–H and O–H groups in total. The largest absolute Gasteiger partial charge is 0.357 e. The van der Waals surface area contributed by atoms with Crippen molar-refractivity contribution in [2.24, 2.45) is 0 Å². The van der Waals surface area contributed by atoms with Gasteiger partial charge in [0.05, 0.1) is 25.7 Å². The summed E-state index contributed by atoms with van der Waals surface area (Å²) in [5.74, 6) is 0. The lowest BCUT2D eigenvalue weighted by Crippen LogP contribution is -3.16. The van der Waals surface area contributed by atoms with E-state index in [9.17, 15) is 0 Å². The van der Waals surface area contributed by atoms with Gasteiger partial charge in [-0.1, -0.05) is 6.92 Å². The Hall–Kier alpha value is -0.0800. The van der Waals surface area contributed by atoms with Crippen LogP contribution in [0.3, 0.4) is 0 Å². The summed E-state index contributed by atoms with van der Waals surface area (Å²) in [5.41, 5.74) is 3.91. The Morgan fingerprint density at radius 3 is 2.92 bits per heavy atom. The van der Waals surface area contributed by atoms with Gasteiger partial charge in [-0.25, -0.2) is 0 Å². The minimum Gasteiger partial charge on any atom is -0.357 e. The van der Waals surface area contributed by atoms with Crippen LogP contribution in [0.25, 0.3) is 0 Å². The lowest BCUT2D eigenvalue weighted by Gasteiger charge is -2.31. The molecule has 0 aliphatic carbocycles. The molecular weight excluding hydrogens is 148 g/mol. The van der Waals surface area contributed by atoms with E-state index in [2.05, 4.69) is 12.7 Å². The summed E-state index contributed by atoms with van der Waals surface area (Å²) in [7, 11) is 0. The molecular formula is C10H24N2+2. The average molecular weight is 172 g/mol. The first-order chi connectivity index (χ1) is 5.88. The van der Waals surface area contributed by atoms with Gasteiger partial charge in [-0.2, -0.15) is 0 Å². The number of hydrogen-bond acceptors (Lipinski definition) is 0. The van der Waals surface area contributed by atoms with Gasteiger partial charge in [0.15, 0.2) is 0 Å². The molecule has 2 atom stereocenters. The molecule has 1 heterocycles. The Labute approximate surface area is 76.1 Å². The van der Waals surface area contributed by atoms with Crippen molar-refractivity contribution >= 4 is 0 Å². The van der Waals surface area contributed by atoms with E-state index >= 15 is 0 Å². The van der Waals surface area contributed by atoms with Crippen molar-refractivity contribution in [3.05, 3.63) is 0 Å². The summed E-state index contributed by atoms with van der Waals surface area (Å²) in [4.78, 5) is 1.85. The Morgan fingerprint density at radius 1 is 1.42 bits per heavy atom. The molecule has 0 aromatic heterocycles. The molecule has 1 saturated heterocycles. The molecule has 0 saturated carbocycles. The first kappa shape index (κ1) is 10.0. The van der Waals surface area contributed by atoms with Crippen molar-refractivity contribution in [3.8, 4) is 0 Å². The quantitative estimate of drug-likeness (QED) is 0.571. The second-order valence-corrected chi connectivity index (χ2v) is 3.97. The first-order valence-electron chi connectivity index (χ1n) is 5.52. The van der Waals surface area contributed by atoms with E-state index in [-0.39, 0.29) is 0 Å². The third kappa shape index (κ3) is 2.76. The topological polar surface area (TPSA) is 32.1 Å². The lowest BCUT2D eigenvalue weighted by molar-refractivity contribution is -0.931. The van der Waals surface area contributed by atoms with Crippen LogP contribution in [0.15, 0.2) is 0 Å². The van der Waals surface area contributed by atoms with Crippen LogP contribution in [0.1, 0.15) is 39.0 Å². The first-order valence-corrected chi connectivity index (χ1v) is 5.52. The number of piperidine rings is 1. The van der Waals surface area contributed by atoms with E-state index < -0.39 is 0 Å². The molecule has 1 fully saturated rings. The second-order valence-electron chi connectivity index (χ2n) is 3.97. The number of nitrogens with one attached hydrogen (secondary N) is 1. The van der Waals surface area contributed by atoms with Crippen molar-refractivity contribution in [1.29, 1.82) is 0 Å². The molecule has 2 unspecified atom stereocenters. The van der Waals surface area contributed by atoms with Crippen LogP contribution in [-0.4, -0.2) is 25.7 Å². The second kappa shape index (κ2) is 5.55. The molecule has 0 spiro atoms. The van der Waals surface area contributed by atoms with Crippen molar-refractivity contribution < 1.29 is 10.6 Å². The predicted molar refractivity (Wildman–Crippen MR) is 51.0 cm³/mol. The minimum absolute atomic E-state index is 0.963. The maximum absolute atomic E-state index is 3.91. The fraction of sp³-hybridized carbons (Fsp3) is 1.00. The average Bonchev–Trinajstić information content (AvgIpc) is 2.15. The molecule has 1 aliphatic rings. The van der Waals surface area contributed by atoms with Crippen molar-refractivity contribution in [2.45, 2.75) is 45.1 Å². The summed E-state index contributed by atoms with van der Waals surface area (Å²) in [5, 5.41) is 0. The minimum atomic E-state index is 0.963. The summed E-state index contributed by atoms with van der Waals surface area (Å²) >= 11 is 0. The van der Waals surface area contributed by atoms with E-state index in [1.54, 1.807) is 0 Å². The highest BCUT2D eigenvalue weighted by atomic mass is 15.2. The Bertz CT molecular complexity index is 114. The van der Waals surface area contributed by atoms with Crippen molar-refractivity contribution in [1.82, 2.24) is 0 Å². The molecule has 0 aromatic rings. The highest BCUT2D eigenvalue weighted by Gasteiger charge is 2.23. The Kier molecular flexibility index (Phi) is 4.62. The summed E-state index contributed by atoms with van der Waals surface area (Å²) in [6, 6.07) is 0.963. The highest BCUT2D eigenvalue weighted by molar-refractivity contribution is 4.59. The van der Waals surface area contributed by atoms with Crippen LogP contribution in [-0.2, 0) is 0 Å². The number of hydrogen-bond donors (Lipinski definition) is 2. The van der Waals surface area contributed by atoms with Crippen molar-refractivity contribution in [2.75, 3.05) is 19.6 Å². The molecule has 12 heavy (non-hydrogen) atoms. The maximum atomic E-state index is 3.91. The van der Waals surface area contributed by atoms with E-state index in [1.807, 2.05) is 4.90 Å². The van der Waals surface area contributed by atoms with Crippen LogP contribution in [0, 0.1) is 0 Å². The van der Waals surface area contributed by atoms with E-state index in [1.165, 1.54) is 45.2 Å². The number of rotatable bonds is 4. The smallest absolute Gasteiger partial charge is 0.0872 e. The van der Waals surface area contributed by atoms with Gasteiger partial charge in [-0.15, -0.1) is 0 Å². The molecule has 1 rings (SSSR count). The summed E-state index contributed by atoms with van der Waals surface area (Å²) < 4.78 is 0. The van der Waals surface area contributed by atoms with Gasteiger partial charge in [0.1, 0.15) is 0 Å². The fourth-order valence-corrected chi connectivity index (χ4v) is 2.33. The van der Waals surface area contributed by atoms with Gasteiger partial charge in [0, 0.05) is 6.42 Å². The molecule has 1 aliphatic heterocycles. The zero-order chi connectivity index (χ0) is 8.81. The molecule has 72 valence electrons. The molecule has 2 nitrogen and oxygen atoms in total. The number of quaternary nitrogens is 2. The Morgan fingerprint density at radius 2 is 2.25 bits per heavy atom. The molecule has 2 heteroatoms. The molecule has 0 amide bonds. The van der Waals surface area contributed by atoms with Gasteiger partial charge >= 0.3 is 0 Å². The SMILES string of the molecule is CCC1CCCC[NH+]1CCC[NH3+]. The normalized spacial score (nSPS) is 30.5. The zero-order valence-electron chi connectivity index (χ0n) is 8.44. The zero-order valence-corrected chi connectivity index (χ0v) is 8.44. The fourth-order valence-electron chi connectivity index (χ4n) is 2.33. The van der Waals surface area contributed by atoms with Gasteiger partial charge in [0.2, 0.25) is 0 Å². The summed E-state index contributed by atoms with van der Waals surface area (Å²) in [6.45, 7) is 6.22. The third-order valence-electron chi connectivity index (χ3n) is 3.12. The van der Waals surface area contributed by atoms with Gasteiger partial charge in [0.25, 0.3) is 0 Å². The molecule has 0 radical (unpaired) electrons. The lowest BCUT2D eigenvalue weighted by atomic mass is 10.00. The van der Waals surface area contributed by atoms with Crippen LogP contribution >= 0.6 is 0 Å². The molecule has 0 aromatic carbocycles. The summed E-state index contributed by atoms with van der Waals surface area (Å²) in [6.07, 6.45) is 7.05. The van der Waals surface area contributed by atoms with E-state index in [0.717, 1.165) is 12.6 Å². The van der Waals surface area contributed by atoms with Crippen LogP contribution in [0.4, 0.5) is 0 Å². The van der Waals surface area contributed by atoms with Gasteiger partial charge < -0.3 is 10.6 Å². The monoisotopic (exact) mass is 172 g/mol. The molecule has 0 bridgehead atoms. The predicted octanol–water partition coefficient (Wildman–Crippen LogP) is -0.534.